The van der Waals surface area contributed by atoms with E-state index in [0.29, 0.717) is 6.04 Å². The zero-order chi connectivity index (χ0) is 14.5. The lowest BCUT2D eigenvalue weighted by atomic mass is 10.3. The molecule has 0 bridgehead atoms. The van der Waals surface area contributed by atoms with Crippen LogP contribution in [0.1, 0.15) is 37.3 Å². The van der Waals surface area contributed by atoms with Crippen LogP contribution in [0, 0.1) is 12.8 Å². The highest BCUT2D eigenvalue weighted by molar-refractivity contribution is 7.15. The normalized spacial score (nSPS) is 15.1. The lowest BCUT2D eigenvalue weighted by Gasteiger charge is -2.26. The van der Waals surface area contributed by atoms with Crippen LogP contribution in [0.15, 0.2) is 0 Å². The maximum Gasteiger partial charge on any atom is 0.186 e. The van der Waals surface area contributed by atoms with Crippen LogP contribution in [0.3, 0.4) is 0 Å². The van der Waals surface area contributed by atoms with Gasteiger partial charge in [0.2, 0.25) is 0 Å². The zero-order valence-electron chi connectivity index (χ0n) is 13.1. The maximum atomic E-state index is 5.05. The van der Waals surface area contributed by atoms with Gasteiger partial charge < -0.3 is 15.0 Å². The van der Waals surface area contributed by atoms with Crippen molar-refractivity contribution >= 4 is 16.5 Å². The number of nitrogens with one attached hydrogen (secondary N) is 1. The quantitative estimate of drug-likeness (QED) is 0.711. The van der Waals surface area contributed by atoms with Gasteiger partial charge in [-0.25, -0.2) is 4.98 Å². The summed E-state index contributed by atoms with van der Waals surface area (Å²) in [5.74, 6) is 0.893. The summed E-state index contributed by atoms with van der Waals surface area (Å²) in [7, 11) is 1.73. The summed E-state index contributed by atoms with van der Waals surface area (Å²) in [6, 6.07) is 0.524. The topological polar surface area (TPSA) is 37.4 Å². The number of methoxy groups -OCH3 is 1. The molecule has 0 radical (unpaired) electrons. The van der Waals surface area contributed by atoms with E-state index in [1.54, 1.807) is 7.11 Å². The summed E-state index contributed by atoms with van der Waals surface area (Å²) in [5.41, 5.74) is 1.16. The first-order chi connectivity index (χ1) is 9.61. The van der Waals surface area contributed by atoms with Crippen molar-refractivity contribution in [3.05, 3.63) is 10.6 Å². The zero-order valence-corrected chi connectivity index (χ0v) is 13.9. The third kappa shape index (κ3) is 4.43. The number of rotatable bonds is 9. The molecule has 114 valence electrons. The van der Waals surface area contributed by atoms with Gasteiger partial charge in [-0.3, -0.25) is 0 Å². The van der Waals surface area contributed by atoms with E-state index >= 15 is 0 Å². The Morgan fingerprint density at radius 2 is 2.20 bits per heavy atom. The number of nitrogens with zero attached hydrogens (tertiary/aromatic N) is 2. The minimum atomic E-state index is 0.524. The van der Waals surface area contributed by atoms with E-state index in [4.69, 9.17) is 9.72 Å². The van der Waals surface area contributed by atoms with Crippen molar-refractivity contribution in [1.29, 1.82) is 0 Å². The van der Waals surface area contributed by atoms with Crippen LogP contribution in [-0.4, -0.2) is 37.8 Å². The largest absolute Gasteiger partial charge is 0.383 e. The van der Waals surface area contributed by atoms with Crippen LogP contribution >= 0.6 is 11.3 Å². The van der Waals surface area contributed by atoms with Crippen LogP contribution in [-0.2, 0) is 11.3 Å². The molecule has 1 saturated carbocycles. The Morgan fingerprint density at radius 1 is 1.45 bits per heavy atom. The second-order valence-corrected chi connectivity index (χ2v) is 6.93. The number of ether oxygens (including phenoxy) is 1. The Bertz CT molecular complexity index is 415. The number of thiazole rings is 1. The van der Waals surface area contributed by atoms with E-state index in [2.05, 4.69) is 31.0 Å². The molecule has 0 aromatic carbocycles. The first kappa shape index (κ1) is 15.7. The summed E-state index contributed by atoms with van der Waals surface area (Å²) >= 11 is 1.84. The fraction of sp³-hybridized carbons (Fsp3) is 0.800. The molecule has 2 rings (SSSR count). The van der Waals surface area contributed by atoms with Gasteiger partial charge in [-0.15, -0.1) is 11.3 Å². The van der Waals surface area contributed by atoms with Crippen molar-refractivity contribution in [3.8, 4) is 0 Å². The Kier molecular flexibility index (Phi) is 5.81. The van der Waals surface area contributed by atoms with E-state index in [-0.39, 0.29) is 0 Å². The molecule has 4 nitrogen and oxygen atoms in total. The SMILES string of the molecule is COCCNCc1sc(N(CC2CC2)C(C)C)nc1C. The standard InChI is InChI=1S/C15H27N3OS/c1-11(2)18(10-13-5-6-13)15-17-12(3)14(20-15)9-16-7-8-19-4/h11,13,16H,5-10H2,1-4H3. The molecule has 0 aliphatic heterocycles. The molecule has 1 aliphatic carbocycles. The fourth-order valence-corrected chi connectivity index (χ4v) is 3.34. The summed E-state index contributed by atoms with van der Waals surface area (Å²) in [6.07, 6.45) is 2.78. The van der Waals surface area contributed by atoms with Crippen molar-refractivity contribution in [3.63, 3.8) is 0 Å². The molecule has 0 amide bonds. The number of hydrogen-bond donors (Lipinski definition) is 1. The minimum Gasteiger partial charge on any atom is -0.383 e. The average Bonchev–Trinajstić information content (AvgIpc) is 3.15. The molecule has 0 saturated heterocycles. The molecule has 1 fully saturated rings. The Morgan fingerprint density at radius 3 is 2.80 bits per heavy atom. The highest BCUT2D eigenvalue weighted by Gasteiger charge is 2.27. The van der Waals surface area contributed by atoms with Gasteiger partial charge in [0, 0.05) is 37.7 Å². The molecule has 1 heterocycles. The summed E-state index contributed by atoms with van der Waals surface area (Å²) in [5, 5.41) is 4.59. The Labute approximate surface area is 126 Å². The van der Waals surface area contributed by atoms with E-state index in [9.17, 15) is 0 Å². The van der Waals surface area contributed by atoms with Crippen LogP contribution in [0.25, 0.3) is 0 Å². The molecule has 0 spiro atoms. The van der Waals surface area contributed by atoms with E-state index in [1.807, 2.05) is 11.3 Å². The van der Waals surface area contributed by atoms with Gasteiger partial charge in [0.15, 0.2) is 5.13 Å². The third-order valence-electron chi connectivity index (χ3n) is 3.67. The molecular weight excluding hydrogens is 270 g/mol. The molecule has 0 unspecified atom stereocenters. The van der Waals surface area contributed by atoms with Crippen molar-refractivity contribution in [1.82, 2.24) is 10.3 Å². The first-order valence-corrected chi connectivity index (χ1v) is 8.36. The Balaban J connectivity index is 1.96. The third-order valence-corrected chi connectivity index (χ3v) is 4.87. The molecule has 0 atom stereocenters. The van der Waals surface area contributed by atoms with Crippen LogP contribution in [0.2, 0.25) is 0 Å². The number of anilines is 1. The molecular formula is C15H27N3OS. The molecule has 1 N–H and O–H groups in total. The Hall–Kier alpha value is -0.650. The summed E-state index contributed by atoms with van der Waals surface area (Å²) in [6.45, 7) is 10.3. The van der Waals surface area contributed by atoms with Crippen LogP contribution in [0.4, 0.5) is 5.13 Å². The van der Waals surface area contributed by atoms with Crippen LogP contribution < -0.4 is 10.2 Å². The van der Waals surface area contributed by atoms with Gasteiger partial charge in [0.05, 0.1) is 12.3 Å². The van der Waals surface area contributed by atoms with E-state index < -0.39 is 0 Å². The lowest BCUT2D eigenvalue weighted by Crippen LogP contribution is -2.32. The van der Waals surface area contributed by atoms with Crippen molar-refractivity contribution in [2.45, 2.75) is 46.2 Å². The predicted molar refractivity (Wildman–Crippen MR) is 85.6 cm³/mol. The maximum absolute atomic E-state index is 5.05. The van der Waals surface area contributed by atoms with Gasteiger partial charge in [0.1, 0.15) is 0 Å². The smallest absolute Gasteiger partial charge is 0.186 e. The molecule has 1 aromatic heterocycles. The van der Waals surface area contributed by atoms with Crippen molar-refractivity contribution < 1.29 is 4.74 Å². The van der Waals surface area contributed by atoms with Crippen LogP contribution in [0.5, 0.6) is 0 Å². The predicted octanol–water partition coefficient (Wildman–Crippen LogP) is 2.81. The minimum absolute atomic E-state index is 0.524. The molecule has 1 aliphatic rings. The average molecular weight is 297 g/mol. The second-order valence-electron chi connectivity index (χ2n) is 5.86. The molecule has 5 heteroatoms. The molecule has 1 aromatic rings. The van der Waals surface area contributed by atoms with Gasteiger partial charge in [-0.2, -0.15) is 0 Å². The number of aromatic nitrogens is 1. The molecule has 20 heavy (non-hydrogen) atoms. The highest BCUT2D eigenvalue weighted by atomic mass is 32.1. The van der Waals surface area contributed by atoms with E-state index in [0.717, 1.165) is 31.3 Å². The summed E-state index contributed by atoms with van der Waals surface area (Å²) < 4.78 is 5.05. The van der Waals surface area contributed by atoms with Crippen molar-refractivity contribution in [2.75, 3.05) is 31.7 Å². The fourth-order valence-electron chi connectivity index (χ4n) is 2.16. The second kappa shape index (κ2) is 7.38. The summed E-state index contributed by atoms with van der Waals surface area (Å²) in [4.78, 5) is 8.60. The van der Waals surface area contributed by atoms with Gasteiger partial charge in [-0.05, 0) is 39.5 Å². The van der Waals surface area contributed by atoms with Crippen molar-refractivity contribution in [2.24, 2.45) is 5.92 Å². The number of aryl methyl sites for hydroxylation is 1. The number of hydrogen-bond acceptors (Lipinski definition) is 5. The van der Waals surface area contributed by atoms with Gasteiger partial charge in [0.25, 0.3) is 0 Å². The van der Waals surface area contributed by atoms with Gasteiger partial charge >= 0.3 is 0 Å². The first-order valence-electron chi connectivity index (χ1n) is 7.54. The highest BCUT2D eigenvalue weighted by Crippen LogP contribution is 2.34. The monoisotopic (exact) mass is 297 g/mol. The lowest BCUT2D eigenvalue weighted by molar-refractivity contribution is 0.199. The van der Waals surface area contributed by atoms with Gasteiger partial charge in [-0.1, -0.05) is 0 Å². The van der Waals surface area contributed by atoms with E-state index in [1.165, 1.54) is 29.4 Å².